The minimum absolute atomic E-state index is 0.542. The number of hydrogen-bond donors (Lipinski definition) is 0. The van der Waals surface area contributed by atoms with Crippen LogP contribution in [-0.4, -0.2) is 18.1 Å². The van der Waals surface area contributed by atoms with E-state index in [0.717, 1.165) is 0 Å². The van der Waals surface area contributed by atoms with E-state index in [-0.39, 0.29) is 0 Å². The quantitative estimate of drug-likeness (QED) is 0.395. The Morgan fingerprint density at radius 2 is 2.20 bits per heavy atom. The molecule has 1 heterocycles. The fourth-order valence-electron chi connectivity index (χ4n) is 0.166. The maximum atomic E-state index is 9.59. The molecule has 0 unspecified atom stereocenters. The van der Waals surface area contributed by atoms with Gasteiger partial charge in [-0.05, 0) is 0 Å². The van der Waals surface area contributed by atoms with E-state index >= 15 is 0 Å². The summed E-state index contributed by atoms with van der Waals surface area (Å²) in [6, 6.07) is 0. The molecule has 1 fully saturated rings. The molecule has 0 radical (unpaired) electrons. The van der Waals surface area contributed by atoms with Crippen molar-refractivity contribution in [2.45, 2.75) is 0 Å². The molecule has 5 heavy (non-hydrogen) atoms. The first-order valence-corrected chi connectivity index (χ1v) is 1.47. The van der Waals surface area contributed by atoms with E-state index in [1.165, 1.54) is 0 Å². The molecular weight excluding hydrogens is 70.0 g/mol. The van der Waals surface area contributed by atoms with Gasteiger partial charge in [-0.3, -0.25) is 0 Å². The molecule has 1 rings (SSSR count). The molecule has 3 heteroatoms. The summed E-state index contributed by atoms with van der Waals surface area (Å²) in [6.45, 7) is 1.14. The molecule has 0 amide bonds. The Morgan fingerprint density at radius 1 is 1.80 bits per heavy atom. The Hall–Kier alpha value is -0.600. The molecule has 0 bridgehead atoms. The zero-order chi connectivity index (χ0) is 3.70. The lowest BCUT2D eigenvalue weighted by Crippen LogP contribution is -2.27. The molecule has 1 saturated heterocycles. The Bertz CT molecular complexity index is 54.7. The lowest BCUT2D eigenvalue weighted by atomic mass is 10.7. The molecule has 0 aromatic rings. The third-order valence-electron chi connectivity index (χ3n) is 0.509. The Labute approximate surface area is 29.1 Å². The summed E-state index contributed by atoms with van der Waals surface area (Å²) in [6.07, 6.45) is 0. The maximum absolute atomic E-state index is 9.59. The Morgan fingerprint density at radius 3 is 2.20 bits per heavy atom. The van der Waals surface area contributed by atoms with Gasteiger partial charge in [-0.2, -0.15) is 0 Å². The average Bonchev–Trinajstić information content (AvgIpc) is 1.30. The average molecular weight is 74.1 g/mol. The minimum Gasteiger partial charge on any atom is -0.225 e. The van der Waals surface area contributed by atoms with Crippen LogP contribution in [-0.2, 0) is 4.84 Å². The molecule has 0 N–H and O–H groups in total. The summed E-state index contributed by atoms with van der Waals surface area (Å²) in [5.41, 5.74) is 0. The van der Waals surface area contributed by atoms with Crippen molar-refractivity contribution in [2.75, 3.05) is 13.2 Å². The molecule has 1 aliphatic rings. The summed E-state index contributed by atoms with van der Waals surface area (Å²) >= 11 is 0. The van der Waals surface area contributed by atoms with E-state index in [9.17, 15) is 4.91 Å². The van der Waals surface area contributed by atoms with Crippen LogP contribution in [0.1, 0.15) is 0 Å². The van der Waals surface area contributed by atoms with E-state index in [4.69, 9.17) is 0 Å². The van der Waals surface area contributed by atoms with Gasteiger partial charge in [-0.25, -0.2) is 4.84 Å². The standard InChI is InChI=1S/C2H4NO2/c4-3-1-2-5-3/h1-2H2/q+1. The zero-order valence-corrected chi connectivity index (χ0v) is 2.68. The molecule has 3 nitrogen and oxygen atoms in total. The first-order chi connectivity index (χ1) is 2.39. The van der Waals surface area contributed by atoms with Crippen LogP contribution in [0.5, 0.6) is 0 Å². The van der Waals surface area contributed by atoms with Gasteiger partial charge < -0.3 is 0 Å². The molecule has 0 aromatic heterocycles. The van der Waals surface area contributed by atoms with Gasteiger partial charge in [0.05, 0.1) is 4.91 Å². The van der Waals surface area contributed by atoms with Crippen LogP contribution in [0.25, 0.3) is 0 Å². The number of hydrogen-bond acceptors (Lipinski definition) is 2. The summed E-state index contributed by atoms with van der Waals surface area (Å²) in [5.74, 6) is 0. The second-order valence-corrected chi connectivity index (χ2v) is 0.890. The highest BCUT2D eigenvalue weighted by Crippen LogP contribution is 1.87. The van der Waals surface area contributed by atoms with E-state index in [1.807, 2.05) is 0 Å². The predicted octanol–water partition coefficient (Wildman–Crippen LogP) is -0.290. The van der Waals surface area contributed by atoms with Gasteiger partial charge in [-0.1, -0.05) is 0 Å². The topological polar surface area (TPSA) is 29.3 Å². The zero-order valence-electron chi connectivity index (χ0n) is 2.68. The van der Waals surface area contributed by atoms with Crippen LogP contribution < -0.4 is 0 Å². The summed E-state index contributed by atoms with van der Waals surface area (Å²) < 4.78 is 0. The third kappa shape index (κ3) is 0.229. The second kappa shape index (κ2) is 0.672. The van der Waals surface area contributed by atoms with Crippen LogP contribution in [0.4, 0.5) is 0 Å². The van der Waals surface area contributed by atoms with E-state index in [2.05, 4.69) is 4.84 Å². The SMILES string of the molecule is O=[N+]1CCO1. The van der Waals surface area contributed by atoms with Crippen molar-refractivity contribution in [1.82, 2.24) is 0 Å². The van der Waals surface area contributed by atoms with Crippen molar-refractivity contribution in [1.29, 1.82) is 0 Å². The molecule has 0 aliphatic carbocycles. The molecule has 28 valence electrons. The van der Waals surface area contributed by atoms with Crippen LogP contribution >= 0.6 is 0 Å². The van der Waals surface area contributed by atoms with Crippen LogP contribution in [0.15, 0.2) is 0 Å². The fraction of sp³-hybridized carbons (Fsp3) is 1.00. The van der Waals surface area contributed by atoms with E-state index in [0.29, 0.717) is 18.1 Å². The van der Waals surface area contributed by atoms with Crippen LogP contribution in [0.3, 0.4) is 0 Å². The third-order valence-corrected chi connectivity index (χ3v) is 0.509. The molecule has 0 atom stereocenters. The summed E-state index contributed by atoms with van der Waals surface area (Å²) in [7, 11) is 0. The maximum Gasteiger partial charge on any atom is 0.288 e. The van der Waals surface area contributed by atoms with Gasteiger partial charge in [-0.15, -0.1) is 0 Å². The van der Waals surface area contributed by atoms with E-state index in [1.54, 1.807) is 0 Å². The summed E-state index contributed by atoms with van der Waals surface area (Å²) in [4.78, 5) is 14.4. The van der Waals surface area contributed by atoms with Gasteiger partial charge in [0.25, 0.3) is 6.54 Å². The Kier molecular flexibility index (Phi) is 0.353. The van der Waals surface area contributed by atoms with Crippen molar-refractivity contribution in [3.63, 3.8) is 0 Å². The van der Waals surface area contributed by atoms with Gasteiger partial charge >= 0.3 is 0 Å². The van der Waals surface area contributed by atoms with Gasteiger partial charge in [0.1, 0.15) is 0 Å². The largest absolute Gasteiger partial charge is 0.288 e. The smallest absolute Gasteiger partial charge is 0.225 e. The number of rotatable bonds is 0. The highest BCUT2D eigenvalue weighted by molar-refractivity contribution is 4.20. The predicted molar refractivity (Wildman–Crippen MR) is 14.4 cm³/mol. The van der Waals surface area contributed by atoms with Crippen molar-refractivity contribution in [2.24, 2.45) is 0 Å². The molecule has 0 aromatic carbocycles. The highest BCUT2D eigenvalue weighted by Gasteiger charge is 2.21. The van der Waals surface area contributed by atoms with Gasteiger partial charge in [0.2, 0.25) is 11.5 Å². The Balaban J connectivity index is 2.32. The first-order valence-electron chi connectivity index (χ1n) is 1.47. The van der Waals surface area contributed by atoms with Crippen molar-refractivity contribution in [3.8, 4) is 0 Å². The normalized spacial score (nSPS) is 20.4. The minimum atomic E-state index is 0.542. The van der Waals surface area contributed by atoms with Gasteiger partial charge in [0.15, 0.2) is 0 Å². The molecule has 0 saturated carbocycles. The number of nitrogens with zero attached hydrogens (tertiary/aromatic N) is 1. The monoisotopic (exact) mass is 74.0 g/mol. The van der Waals surface area contributed by atoms with Crippen molar-refractivity contribution < 1.29 is 9.76 Å². The van der Waals surface area contributed by atoms with Crippen molar-refractivity contribution >= 4 is 0 Å². The highest BCUT2D eigenvalue weighted by atomic mass is 16.8. The van der Waals surface area contributed by atoms with Gasteiger partial charge in [0, 0.05) is 0 Å². The summed E-state index contributed by atoms with van der Waals surface area (Å²) in [5, 5.41) is 0. The molecule has 1 aliphatic heterocycles. The lowest BCUT2D eigenvalue weighted by molar-refractivity contribution is -0.866. The second-order valence-electron chi connectivity index (χ2n) is 0.890. The van der Waals surface area contributed by atoms with Crippen LogP contribution in [0.2, 0.25) is 0 Å². The van der Waals surface area contributed by atoms with Crippen LogP contribution in [0, 0.1) is 4.91 Å². The molecular formula is C2H4NO2+. The fourth-order valence-corrected chi connectivity index (χ4v) is 0.166. The first kappa shape index (κ1) is 2.63. The van der Waals surface area contributed by atoms with Crippen molar-refractivity contribution in [3.05, 3.63) is 4.91 Å². The lowest BCUT2D eigenvalue weighted by Gasteiger charge is -1.95. The van der Waals surface area contributed by atoms with E-state index < -0.39 is 0 Å². The molecule has 0 spiro atoms.